The number of esters is 1. The van der Waals surface area contributed by atoms with E-state index in [0.29, 0.717) is 5.02 Å². The van der Waals surface area contributed by atoms with Gasteiger partial charge in [0.05, 0.1) is 5.41 Å². The first-order chi connectivity index (χ1) is 8.34. The van der Waals surface area contributed by atoms with E-state index in [1.165, 1.54) is 0 Å². The molecule has 1 fully saturated rings. The van der Waals surface area contributed by atoms with Crippen LogP contribution in [0.2, 0.25) is 5.02 Å². The molecule has 1 saturated heterocycles. The molecule has 1 heterocycles. The van der Waals surface area contributed by atoms with Gasteiger partial charge in [0.25, 0.3) is 0 Å². The molecule has 0 N–H and O–H groups in total. The molecule has 0 amide bonds. The molecule has 0 unspecified atom stereocenters. The number of benzene rings is 1. The van der Waals surface area contributed by atoms with E-state index in [9.17, 15) is 9.59 Å². The zero-order chi connectivity index (χ0) is 13.5. The minimum Gasteiger partial charge on any atom is -0.456 e. The van der Waals surface area contributed by atoms with E-state index >= 15 is 0 Å². The normalized spacial score (nSPS) is 26.9. The molecule has 0 aromatic heterocycles. The van der Waals surface area contributed by atoms with Crippen LogP contribution in [0.3, 0.4) is 0 Å². The summed E-state index contributed by atoms with van der Waals surface area (Å²) in [4.78, 5) is 23.9. The molecule has 18 heavy (non-hydrogen) atoms. The highest BCUT2D eigenvalue weighted by Gasteiger charge is 2.49. The van der Waals surface area contributed by atoms with Crippen LogP contribution in [-0.4, -0.2) is 11.8 Å². The van der Waals surface area contributed by atoms with E-state index in [2.05, 4.69) is 0 Å². The monoisotopic (exact) mass is 266 g/mol. The molecule has 2 atom stereocenters. The van der Waals surface area contributed by atoms with Gasteiger partial charge in [-0.15, -0.1) is 0 Å². The second-order valence-corrected chi connectivity index (χ2v) is 5.61. The average molecular weight is 267 g/mol. The molecule has 0 radical (unpaired) electrons. The number of rotatable bonds is 1. The van der Waals surface area contributed by atoms with Gasteiger partial charge in [-0.1, -0.05) is 23.7 Å². The van der Waals surface area contributed by atoms with Crippen molar-refractivity contribution in [1.82, 2.24) is 0 Å². The lowest BCUT2D eigenvalue weighted by Gasteiger charge is -2.39. The third kappa shape index (κ3) is 2.03. The summed E-state index contributed by atoms with van der Waals surface area (Å²) in [6.07, 6.45) is -0.550. The van der Waals surface area contributed by atoms with Gasteiger partial charge in [-0.3, -0.25) is 9.59 Å². The Kier molecular flexibility index (Phi) is 3.20. The largest absolute Gasteiger partial charge is 0.456 e. The number of hydrogen-bond donors (Lipinski definition) is 0. The summed E-state index contributed by atoms with van der Waals surface area (Å²) in [7, 11) is 0. The molecule has 0 bridgehead atoms. The Balaban J connectivity index is 2.40. The molecule has 0 aliphatic carbocycles. The topological polar surface area (TPSA) is 43.4 Å². The molecule has 1 aliphatic heterocycles. The Morgan fingerprint density at radius 2 is 1.72 bits per heavy atom. The van der Waals surface area contributed by atoms with Gasteiger partial charge in [0, 0.05) is 5.02 Å². The van der Waals surface area contributed by atoms with E-state index < -0.39 is 23.4 Å². The predicted molar refractivity (Wildman–Crippen MR) is 68.2 cm³/mol. The fourth-order valence-electron chi connectivity index (χ4n) is 2.28. The van der Waals surface area contributed by atoms with Crippen molar-refractivity contribution in [1.29, 1.82) is 0 Å². The van der Waals surface area contributed by atoms with Crippen LogP contribution in [0.4, 0.5) is 0 Å². The molecule has 2 rings (SSSR count). The quantitative estimate of drug-likeness (QED) is 0.579. The summed E-state index contributed by atoms with van der Waals surface area (Å²) >= 11 is 5.83. The molecular weight excluding hydrogens is 252 g/mol. The summed E-state index contributed by atoms with van der Waals surface area (Å²) in [5.41, 5.74) is 0.0687. The number of halogens is 1. The van der Waals surface area contributed by atoms with Crippen molar-refractivity contribution < 1.29 is 14.3 Å². The Hall–Kier alpha value is -1.35. The number of Topliss-reactive ketones (excluding diaryl/α,β-unsaturated/α-hetero) is 1. The van der Waals surface area contributed by atoms with Crippen LogP contribution in [0.1, 0.15) is 32.4 Å². The van der Waals surface area contributed by atoms with Crippen LogP contribution in [-0.2, 0) is 14.3 Å². The summed E-state index contributed by atoms with van der Waals surface area (Å²) < 4.78 is 5.41. The van der Waals surface area contributed by atoms with E-state index in [-0.39, 0.29) is 5.78 Å². The van der Waals surface area contributed by atoms with Gasteiger partial charge in [0.15, 0.2) is 5.78 Å². The fraction of sp³-hybridized carbons (Fsp3) is 0.429. The van der Waals surface area contributed by atoms with E-state index in [1.807, 2.05) is 0 Å². The summed E-state index contributed by atoms with van der Waals surface area (Å²) in [5.74, 6) is -1.23. The first-order valence-corrected chi connectivity index (χ1v) is 6.22. The highest BCUT2D eigenvalue weighted by atomic mass is 35.5. The third-order valence-corrected chi connectivity index (χ3v) is 3.70. The Labute approximate surface area is 111 Å². The molecule has 1 aliphatic rings. The number of hydrogen-bond acceptors (Lipinski definition) is 3. The summed E-state index contributed by atoms with van der Waals surface area (Å²) in [6.45, 7) is 5.19. The van der Waals surface area contributed by atoms with Crippen LogP contribution in [0.5, 0.6) is 0 Å². The maximum Gasteiger partial charge on any atom is 0.316 e. The lowest BCUT2D eigenvalue weighted by molar-refractivity contribution is -0.177. The number of carbonyl (C=O) groups is 2. The van der Waals surface area contributed by atoms with Gasteiger partial charge in [-0.25, -0.2) is 0 Å². The number of ketones is 1. The van der Waals surface area contributed by atoms with Gasteiger partial charge < -0.3 is 4.74 Å². The Bertz CT molecular complexity index is 490. The van der Waals surface area contributed by atoms with Crippen molar-refractivity contribution >= 4 is 23.4 Å². The third-order valence-electron chi connectivity index (χ3n) is 3.44. The Morgan fingerprint density at radius 1 is 1.17 bits per heavy atom. The smallest absolute Gasteiger partial charge is 0.316 e. The Morgan fingerprint density at radius 3 is 2.28 bits per heavy atom. The first kappa shape index (κ1) is 13.1. The molecule has 96 valence electrons. The van der Waals surface area contributed by atoms with Crippen molar-refractivity contribution in [3.63, 3.8) is 0 Å². The second kappa shape index (κ2) is 4.39. The molecule has 0 saturated carbocycles. The van der Waals surface area contributed by atoms with Gasteiger partial charge in [0.2, 0.25) is 0 Å². The standard InChI is InChI=1S/C14H15ClO3/c1-8-11(16)14(2,3)12(18-13(8)17)9-4-6-10(15)7-5-9/h4-8,12H,1-3H3/t8-,12-/m0/s1. The van der Waals surface area contributed by atoms with Gasteiger partial charge >= 0.3 is 5.97 Å². The maximum atomic E-state index is 12.2. The van der Waals surface area contributed by atoms with Crippen LogP contribution in [0.25, 0.3) is 0 Å². The van der Waals surface area contributed by atoms with Crippen LogP contribution >= 0.6 is 11.6 Å². The fourth-order valence-corrected chi connectivity index (χ4v) is 2.41. The number of cyclic esters (lactones) is 1. The van der Waals surface area contributed by atoms with Gasteiger partial charge in [-0.05, 0) is 38.5 Å². The maximum absolute atomic E-state index is 12.2. The van der Waals surface area contributed by atoms with Crippen LogP contribution in [0.15, 0.2) is 24.3 Å². The van der Waals surface area contributed by atoms with Crippen LogP contribution < -0.4 is 0 Å². The molecule has 1 aromatic carbocycles. The highest BCUT2D eigenvalue weighted by molar-refractivity contribution is 6.30. The SMILES string of the molecule is C[C@@H]1C(=O)O[C@@H](c2ccc(Cl)cc2)C(C)(C)C1=O. The molecule has 1 aromatic rings. The van der Waals surface area contributed by atoms with E-state index in [4.69, 9.17) is 16.3 Å². The average Bonchev–Trinajstić information content (AvgIpc) is 2.33. The predicted octanol–water partition coefficient (Wildman–Crippen LogP) is 3.17. The van der Waals surface area contributed by atoms with E-state index in [0.717, 1.165) is 5.56 Å². The van der Waals surface area contributed by atoms with Crippen molar-refractivity contribution in [2.45, 2.75) is 26.9 Å². The minimum atomic E-state index is -0.721. The molecule has 0 spiro atoms. The lowest BCUT2D eigenvalue weighted by atomic mass is 9.73. The summed E-state index contributed by atoms with van der Waals surface area (Å²) in [6, 6.07) is 7.02. The molecule has 4 heteroatoms. The highest BCUT2D eigenvalue weighted by Crippen LogP contribution is 2.43. The lowest BCUT2D eigenvalue weighted by Crippen LogP contribution is -2.46. The number of carbonyl (C=O) groups excluding carboxylic acids is 2. The zero-order valence-electron chi connectivity index (χ0n) is 10.6. The number of ether oxygens (including phenoxy) is 1. The summed E-state index contributed by atoms with van der Waals surface area (Å²) in [5, 5.41) is 0.610. The zero-order valence-corrected chi connectivity index (χ0v) is 11.3. The van der Waals surface area contributed by atoms with E-state index in [1.54, 1.807) is 45.0 Å². The van der Waals surface area contributed by atoms with Gasteiger partial charge in [0.1, 0.15) is 12.0 Å². The molecule has 3 nitrogen and oxygen atoms in total. The van der Waals surface area contributed by atoms with Crippen molar-refractivity contribution in [2.75, 3.05) is 0 Å². The molecular formula is C14H15ClO3. The van der Waals surface area contributed by atoms with Crippen molar-refractivity contribution in [3.05, 3.63) is 34.9 Å². The first-order valence-electron chi connectivity index (χ1n) is 5.84. The minimum absolute atomic E-state index is 0.0845. The van der Waals surface area contributed by atoms with Gasteiger partial charge in [-0.2, -0.15) is 0 Å². The second-order valence-electron chi connectivity index (χ2n) is 5.18. The van der Waals surface area contributed by atoms with Crippen LogP contribution in [0, 0.1) is 11.3 Å². The van der Waals surface area contributed by atoms with Crippen molar-refractivity contribution in [2.24, 2.45) is 11.3 Å². The van der Waals surface area contributed by atoms with Crippen molar-refractivity contribution in [3.8, 4) is 0 Å².